The predicted octanol–water partition coefficient (Wildman–Crippen LogP) is 3.02. The Bertz CT molecular complexity index is 613. The number of rotatable bonds is 4. The number of methoxy groups -OCH3 is 1. The van der Waals surface area contributed by atoms with Crippen LogP contribution in [0.1, 0.15) is 6.42 Å². The molecule has 26 heavy (non-hydrogen) atoms. The van der Waals surface area contributed by atoms with Crippen molar-refractivity contribution in [3.8, 4) is 5.75 Å². The summed E-state index contributed by atoms with van der Waals surface area (Å²) >= 11 is 8.01. The first-order valence-electron chi connectivity index (χ1n) is 8.96. The summed E-state index contributed by atoms with van der Waals surface area (Å²) in [4.78, 5) is 17.4. The van der Waals surface area contributed by atoms with Crippen LogP contribution in [0.5, 0.6) is 5.75 Å². The van der Waals surface area contributed by atoms with E-state index in [4.69, 9.17) is 21.1 Å². The Morgan fingerprint density at radius 2 is 2.19 bits per heavy atom. The zero-order valence-corrected chi connectivity index (χ0v) is 16.7. The molecule has 1 atom stereocenters. The number of carbonyl (C=O) groups is 1. The Morgan fingerprint density at radius 1 is 1.38 bits per heavy atom. The Labute approximate surface area is 164 Å². The molecule has 0 aliphatic carbocycles. The number of halogens is 1. The Balaban J connectivity index is 1.70. The van der Waals surface area contributed by atoms with Gasteiger partial charge in [0.05, 0.1) is 32.1 Å². The largest absolute Gasteiger partial charge is 0.495 e. The lowest BCUT2D eigenvalue weighted by Gasteiger charge is -2.35. The fraction of sp³-hybridized carbons (Fsp3) is 0.611. The lowest BCUT2D eigenvalue weighted by atomic mass is 10.2. The van der Waals surface area contributed by atoms with Crippen molar-refractivity contribution in [2.45, 2.75) is 12.5 Å². The van der Waals surface area contributed by atoms with E-state index < -0.39 is 0 Å². The van der Waals surface area contributed by atoms with E-state index in [9.17, 15) is 4.79 Å². The van der Waals surface area contributed by atoms with E-state index in [2.05, 4.69) is 10.2 Å². The zero-order valence-electron chi connectivity index (χ0n) is 15.1. The van der Waals surface area contributed by atoms with E-state index in [-0.39, 0.29) is 12.1 Å². The van der Waals surface area contributed by atoms with E-state index in [1.54, 1.807) is 25.3 Å². The first kappa shape index (κ1) is 19.6. The maximum Gasteiger partial charge on any atom is 0.322 e. The molecule has 3 rings (SSSR count). The summed E-state index contributed by atoms with van der Waals surface area (Å²) in [6.45, 7) is 5.04. The number of thioether (sulfide) groups is 1. The van der Waals surface area contributed by atoms with Gasteiger partial charge in [0.25, 0.3) is 0 Å². The second-order valence-electron chi connectivity index (χ2n) is 6.46. The maximum atomic E-state index is 13.0. The van der Waals surface area contributed by atoms with E-state index in [0.29, 0.717) is 16.5 Å². The molecule has 0 spiro atoms. The summed E-state index contributed by atoms with van der Waals surface area (Å²) in [7, 11) is 1.59. The molecule has 6 nitrogen and oxygen atoms in total. The first-order chi connectivity index (χ1) is 12.7. The van der Waals surface area contributed by atoms with Crippen LogP contribution in [0.3, 0.4) is 0 Å². The molecule has 0 radical (unpaired) electrons. The first-order valence-corrected chi connectivity index (χ1v) is 10.5. The van der Waals surface area contributed by atoms with Crippen LogP contribution in [0.15, 0.2) is 18.2 Å². The fourth-order valence-electron chi connectivity index (χ4n) is 3.29. The van der Waals surface area contributed by atoms with Crippen LogP contribution >= 0.6 is 23.4 Å². The van der Waals surface area contributed by atoms with Crippen molar-refractivity contribution in [1.29, 1.82) is 0 Å². The van der Waals surface area contributed by atoms with E-state index in [1.807, 2.05) is 16.7 Å². The Hall–Kier alpha value is -1.15. The highest BCUT2D eigenvalue weighted by molar-refractivity contribution is 7.99. The monoisotopic (exact) mass is 399 g/mol. The van der Waals surface area contributed by atoms with Gasteiger partial charge in [-0.1, -0.05) is 11.6 Å². The van der Waals surface area contributed by atoms with E-state index >= 15 is 0 Å². The summed E-state index contributed by atoms with van der Waals surface area (Å²) in [6.07, 6.45) is 1.00. The molecule has 2 fully saturated rings. The standard InChI is InChI=1S/C18H26ClN3O3S/c1-24-17-4-3-14(19)11-16(17)20-18(23)22-5-2-10-26-13-15(22)12-21-6-8-25-9-7-21/h3-4,11,15H,2,5-10,12-13H2,1H3,(H,20,23). The lowest BCUT2D eigenvalue weighted by molar-refractivity contribution is 0.0288. The molecule has 8 heteroatoms. The number of morpholine rings is 1. The van der Waals surface area contributed by atoms with Gasteiger partial charge < -0.3 is 19.7 Å². The summed E-state index contributed by atoms with van der Waals surface area (Å²) in [6, 6.07) is 5.33. The number of nitrogens with zero attached hydrogens (tertiary/aromatic N) is 2. The highest BCUT2D eigenvalue weighted by Crippen LogP contribution is 2.28. The number of anilines is 1. The third-order valence-electron chi connectivity index (χ3n) is 4.68. The molecule has 2 amide bonds. The second-order valence-corrected chi connectivity index (χ2v) is 8.05. The minimum atomic E-state index is -0.0914. The number of hydrogen-bond donors (Lipinski definition) is 1. The molecule has 144 valence electrons. The van der Waals surface area contributed by atoms with Gasteiger partial charge in [0.1, 0.15) is 5.75 Å². The summed E-state index contributed by atoms with van der Waals surface area (Å²) < 4.78 is 10.8. The van der Waals surface area contributed by atoms with Crippen molar-refractivity contribution in [3.63, 3.8) is 0 Å². The van der Waals surface area contributed by atoms with Gasteiger partial charge in [0.2, 0.25) is 0 Å². The van der Waals surface area contributed by atoms with Crippen LogP contribution in [0.25, 0.3) is 0 Å². The highest BCUT2D eigenvalue weighted by atomic mass is 35.5. The number of amides is 2. The van der Waals surface area contributed by atoms with Crippen LogP contribution < -0.4 is 10.1 Å². The highest BCUT2D eigenvalue weighted by Gasteiger charge is 2.28. The normalized spacial score (nSPS) is 21.9. The topological polar surface area (TPSA) is 54.0 Å². The molecule has 1 unspecified atom stereocenters. The van der Waals surface area contributed by atoms with Gasteiger partial charge in [0.15, 0.2) is 0 Å². The van der Waals surface area contributed by atoms with Crippen molar-refractivity contribution in [2.75, 3.05) is 63.3 Å². The van der Waals surface area contributed by atoms with Crippen molar-refractivity contribution >= 4 is 35.1 Å². The molecule has 0 bridgehead atoms. The minimum Gasteiger partial charge on any atom is -0.495 e. The number of carbonyl (C=O) groups excluding carboxylic acids is 1. The number of benzene rings is 1. The van der Waals surface area contributed by atoms with Crippen molar-refractivity contribution in [2.24, 2.45) is 0 Å². The molecule has 1 aromatic carbocycles. The van der Waals surface area contributed by atoms with Gasteiger partial charge in [-0.2, -0.15) is 11.8 Å². The van der Waals surface area contributed by atoms with Crippen LogP contribution in [0, 0.1) is 0 Å². The third kappa shape index (κ3) is 5.19. The minimum absolute atomic E-state index is 0.0914. The second kappa shape index (κ2) is 9.69. The maximum absolute atomic E-state index is 13.0. The van der Waals surface area contributed by atoms with Crippen molar-refractivity contribution < 1.29 is 14.3 Å². The Morgan fingerprint density at radius 3 is 2.96 bits per heavy atom. The van der Waals surface area contributed by atoms with Crippen molar-refractivity contribution in [1.82, 2.24) is 9.80 Å². The number of hydrogen-bond acceptors (Lipinski definition) is 5. The van der Waals surface area contributed by atoms with Crippen LogP contribution in [0.4, 0.5) is 10.5 Å². The van der Waals surface area contributed by atoms with E-state index in [1.165, 1.54) is 0 Å². The lowest BCUT2D eigenvalue weighted by Crippen LogP contribution is -2.51. The van der Waals surface area contributed by atoms with Gasteiger partial charge >= 0.3 is 6.03 Å². The molecule has 1 aromatic rings. The van der Waals surface area contributed by atoms with Crippen LogP contribution in [0.2, 0.25) is 5.02 Å². The molecule has 2 aliphatic rings. The average molecular weight is 400 g/mol. The van der Waals surface area contributed by atoms with Gasteiger partial charge in [-0.25, -0.2) is 4.79 Å². The Kier molecular flexibility index (Phi) is 7.31. The molecular weight excluding hydrogens is 374 g/mol. The van der Waals surface area contributed by atoms with Gasteiger partial charge in [-0.15, -0.1) is 0 Å². The van der Waals surface area contributed by atoms with Crippen molar-refractivity contribution in [3.05, 3.63) is 23.2 Å². The van der Waals surface area contributed by atoms with Gasteiger partial charge in [-0.05, 0) is 30.4 Å². The molecular formula is C18H26ClN3O3S. The SMILES string of the molecule is COc1ccc(Cl)cc1NC(=O)N1CCCSCC1CN1CCOCC1. The zero-order chi connectivity index (χ0) is 18.4. The van der Waals surface area contributed by atoms with Crippen LogP contribution in [-0.4, -0.2) is 79.9 Å². The molecule has 0 aromatic heterocycles. The van der Waals surface area contributed by atoms with E-state index in [0.717, 1.165) is 57.3 Å². The smallest absolute Gasteiger partial charge is 0.322 e. The number of ether oxygens (including phenoxy) is 2. The molecule has 2 saturated heterocycles. The average Bonchev–Trinajstić information content (AvgIpc) is 2.88. The number of nitrogens with one attached hydrogen (secondary N) is 1. The summed E-state index contributed by atoms with van der Waals surface area (Å²) in [5.74, 6) is 2.65. The number of urea groups is 1. The van der Waals surface area contributed by atoms with Gasteiger partial charge in [0, 0.05) is 37.0 Å². The molecule has 2 aliphatic heterocycles. The fourth-order valence-corrected chi connectivity index (χ4v) is 4.52. The molecule has 1 N–H and O–H groups in total. The molecule has 0 saturated carbocycles. The predicted molar refractivity (Wildman–Crippen MR) is 107 cm³/mol. The van der Waals surface area contributed by atoms with Gasteiger partial charge in [-0.3, -0.25) is 4.90 Å². The molecule has 2 heterocycles. The quantitative estimate of drug-likeness (QED) is 0.843. The summed E-state index contributed by atoms with van der Waals surface area (Å²) in [5, 5.41) is 3.56. The summed E-state index contributed by atoms with van der Waals surface area (Å²) in [5.41, 5.74) is 0.604. The third-order valence-corrected chi connectivity index (χ3v) is 6.11. The van der Waals surface area contributed by atoms with Crippen LogP contribution in [-0.2, 0) is 4.74 Å².